The van der Waals surface area contributed by atoms with Crippen molar-refractivity contribution in [2.75, 3.05) is 26.7 Å². The lowest BCUT2D eigenvalue weighted by Crippen LogP contribution is -2.45. The molecule has 1 saturated carbocycles. The van der Waals surface area contributed by atoms with Crippen LogP contribution < -0.4 is 10.6 Å². The largest absolute Gasteiger partial charge is 0.356 e. The summed E-state index contributed by atoms with van der Waals surface area (Å²) in [4.78, 5) is 6.90. The van der Waals surface area contributed by atoms with E-state index in [1.54, 1.807) is 0 Å². The quantitative estimate of drug-likeness (QED) is 0.620. The summed E-state index contributed by atoms with van der Waals surface area (Å²) in [6.07, 6.45) is 7.72. The van der Waals surface area contributed by atoms with Crippen molar-refractivity contribution in [3.63, 3.8) is 0 Å². The van der Waals surface area contributed by atoms with Crippen LogP contribution in [0.1, 0.15) is 44.1 Å². The van der Waals surface area contributed by atoms with Crippen molar-refractivity contribution in [3.05, 3.63) is 34.9 Å². The van der Waals surface area contributed by atoms with Gasteiger partial charge in [-0.2, -0.15) is 0 Å². The molecule has 0 radical (unpaired) electrons. The minimum Gasteiger partial charge on any atom is -0.356 e. The van der Waals surface area contributed by atoms with Crippen LogP contribution in [-0.2, 0) is 6.54 Å². The van der Waals surface area contributed by atoms with Crippen LogP contribution in [0.5, 0.6) is 0 Å². The third kappa shape index (κ3) is 5.61. The van der Waals surface area contributed by atoms with E-state index in [-0.39, 0.29) is 0 Å². The predicted molar refractivity (Wildman–Crippen MR) is 106 cm³/mol. The molecule has 2 fully saturated rings. The van der Waals surface area contributed by atoms with Gasteiger partial charge in [-0.1, -0.05) is 42.6 Å². The Morgan fingerprint density at radius 1 is 1.16 bits per heavy atom. The van der Waals surface area contributed by atoms with Crippen molar-refractivity contribution in [2.45, 2.75) is 51.1 Å². The average Bonchev–Trinajstić information content (AvgIpc) is 3.15. The zero-order valence-electron chi connectivity index (χ0n) is 15.3. The third-order valence-electron chi connectivity index (χ3n) is 5.54. The van der Waals surface area contributed by atoms with E-state index in [4.69, 9.17) is 11.6 Å². The van der Waals surface area contributed by atoms with E-state index < -0.39 is 0 Å². The summed E-state index contributed by atoms with van der Waals surface area (Å²) in [6.45, 7) is 4.27. The van der Waals surface area contributed by atoms with Gasteiger partial charge in [0.15, 0.2) is 5.96 Å². The Hall–Kier alpha value is -1.26. The fourth-order valence-corrected chi connectivity index (χ4v) is 4.11. The highest BCUT2D eigenvalue weighted by molar-refractivity contribution is 6.31. The van der Waals surface area contributed by atoms with Gasteiger partial charge in [0.25, 0.3) is 0 Å². The number of likely N-dealkylation sites (tertiary alicyclic amines) is 1. The second-order valence-electron chi connectivity index (χ2n) is 7.39. The summed E-state index contributed by atoms with van der Waals surface area (Å²) < 4.78 is 0. The molecule has 1 aromatic carbocycles. The molecule has 0 amide bonds. The van der Waals surface area contributed by atoms with Crippen LogP contribution in [-0.4, -0.2) is 43.6 Å². The van der Waals surface area contributed by atoms with Crippen molar-refractivity contribution in [1.82, 2.24) is 15.5 Å². The van der Waals surface area contributed by atoms with Gasteiger partial charge in [0.05, 0.1) is 0 Å². The number of rotatable bonds is 5. The van der Waals surface area contributed by atoms with Gasteiger partial charge >= 0.3 is 0 Å². The van der Waals surface area contributed by atoms with Gasteiger partial charge < -0.3 is 10.6 Å². The molecule has 1 aromatic rings. The van der Waals surface area contributed by atoms with Gasteiger partial charge in [-0.3, -0.25) is 9.89 Å². The number of halogens is 1. The second-order valence-corrected chi connectivity index (χ2v) is 7.80. The third-order valence-corrected chi connectivity index (χ3v) is 5.91. The van der Waals surface area contributed by atoms with Gasteiger partial charge in [0.2, 0.25) is 0 Å². The molecule has 2 N–H and O–H groups in total. The number of guanidine groups is 1. The molecule has 1 aliphatic heterocycles. The smallest absolute Gasteiger partial charge is 0.191 e. The molecular formula is C20H31ClN4. The highest BCUT2D eigenvalue weighted by atomic mass is 35.5. The molecule has 0 aromatic heterocycles. The van der Waals surface area contributed by atoms with Crippen molar-refractivity contribution in [2.24, 2.45) is 10.9 Å². The lowest BCUT2D eigenvalue weighted by Gasteiger charge is -2.32. The van der Waals surface area contributed by atoms with E-state index in [1.165, 1.54) is 44.1 Å². The Bertz CT molecular complexity index is 561. The minimum absolute atomic E-state index is 0.615. The zero-order valence-corrected chi connectivity index (χ0v) is 16.1. The predicted octanol–water partition coefficient (Wildman–Crippen LogP) is 3.66. The normalized spacial score (nSPS) is 20.8. The summed E-state index contributed by atoms with van der Waals surface area (Å²) in [6, 6.07) is 8.80. The minimum atomic E-state index is 0.615. The number of benzene rings is 1. The van der Waals surface area contributed by atoms with Gasteiger partial charge in [-0.05, 0) is 56.3 Å². The van der Waals surface area contributed by atoms with E-state index in [2.05, 4.69) is 32.7 Å². The number of hydrogen-bond donors (Lipinski definition) is 2. The monoisotopic (exact) mass is 362 g/mol. The molecule has 2 aliphatic rings. The Morgan fingerprint density at radius 2 is 1.88 bits per heavy atom. The Kier molecular flexibility index (Phi) is 7.00. The van der Waals surface area contributed by atoms with Crippen LogP contribution in [0.3, 0.4) is 0 Å². The highest BCUT2D eigenvalue weighted by Crippen LogP contribution is 2.22. The van der Waals surface area contributed by atoms with E-state index in [1.807, 2.05) is 19.2 Å². The van der Waals surface area contributed by atoms with E-state index in [0.29, 0.717) is 6.04 Å². The molecule has 0 atom stereocenters. The fourth-order valence-electron chi connectivity index (χ4n) is 3.92. The molecule has 3 rings (SSSR count). The fraction of sp³-hybridized carbons (Fsp3) is 0.650. The SMILES string of the molecule is CN=C(NCC1CCN(Cc2ccccc2Cl)CC1)NC1CCCC1. The molecule has 0 bridgehead atoms. The standard InChI is InChI=1S/C20H31ClN4/c1-22-20(24-18-7-3-4-8-18)23-14-16-10-12-25(13-11-16)15-17-6-2-5-9-19(17)21/h2,5-6,9,16,18H,3-4,7-8,10-15H2,1H3,(H2,22,23,24). The number of piperidine rings is 1. The summed E-state index contributed by atoms with van der Waals surface area (Å²) in [5.41, 5.74) is 1.24. The van der Waals surface area contributed by atoms with Gasteiger partial charge in [0.1, 0.15) is 0 Å². The Labute approximate surface area is 157 Å². The summed E-state index contributed by atoms with van der Waals surface area (Å²) >= 11 is 6.29. The van der Waals surface area contributed by atoms with Gasteiger partial charge in [0, 0.05) is 31.2 Å². The molecule has 1 saturated heterocycles. The van der Waals surface area contributed by atoms with Crippen LogP contribution >= 0.6 is 11.6 Å². The van der Waals surface area contributed by atoms with Crippen LogP contribution in [0.4, 0.5) is 0 Å². The molecule has 4 nitrogen and oxygen atoms in total. The van der Waals surface area contributed by atoms with Crippen LogP contribution in [0.15, 0.2) is 29.3 Å². The number of nitrogens with zero attached hydrogens (tertiary/aromatic N) is 2. The molecule has 1 aliphatic carbocycles. The highest BCUT2D eigenvalue weighted by Gasteiger charge is 2.21. The molecule has 1 heterocycles. The first-order valence-corrected chi connectivity index (χ1v) is 10.1. The Balaban J connectivity index is 1.38. The first-order chi connectivity index (χ1) is 12.2. The molecule has 0 spiro atoms. The van der Waals surface area contributed by atoms with Crippen molar-refractivity contribution in [3.8, 4) is 0 Å². The maximum Gasteiger partial charge on any atom is 0.191 e. The number of aliphatic imine (C=N–C) groups is 1. The van der Waals surface area contributed by atoms with Crippen molar-refractivity contribution < 1.29 is 0 Å². The van der Waals surface area contributed by atoms with Crippen molar-refractivity contribution in [1.29, 1.82) is 0 Å². The summed E-state index contributed by atoms with van der Waals surface area (Å²) in [5.74, 6) is 1.70. The lowest BCUT2D eigenvalue weighted by molar-refractivity contribution is 0.178. The van der Waals surface area contributed by atoms with Crippen LogP contribution in [0, 0.1) is 5.92 Å². The molecular weight excluding hydrogens is 332 g/mol. The number of hydrogen-bond acceptors (Lipinski definition) is 2. The molecule has 0 unspecified atom stereocenters. The van der Waals surface area contributed by atoms with E-state index in [9.17, 15) is 0 Å². The van der Waals surface area contributed by atoms with Gasteiger partial charge in [-0.15, -0.1) is 0 Å². The van der Waals surface area contributed by atoms with Crippen LogP contribution in [0.2, 0.25) is 5.02 Å². The van der Waals surface area contributed by atoms with Crippen LogP contribution in [0.25, 0.3) is 0 Å². The topological polar surface area (TPSA) is 39.7 Å². The van der Waals surface area contributed by atoms with Crippen molar-refractivity contribution >= 4 is 17.6 Å². The second kappa shape index (κ2) is 9.44. The molecule has 25 heavy (non-hydrogen) atoms. The zero-order chi connectivity index (χ0) is 17.5. The maximum absolute atomic E-state index is 6.29. The summed E-state index contributed by atoms with van der Waals surface area (Å²) in [5, 5.41) is 7.99. The maximum atomic E-state index is 6.29. The van der Waals surface area contributed by atoms with E-state index in [0.717, 1.165) is 43.1 Å². The lowest BCUT2D eigenvalue weighted by atomic mass is 9.96. The summed E-state index contributed by atoms with van der Waals surface area (Å²) in [7, 11) is 1.87. The van der Waals surface area contributed by atoms with Gasteiger partial charge in [-0.25, -0.2) is 0 Å². The molecule has 138 valence electrons. The van der Waals surface area contributed by atoms with E-state index >= 15 is 0 Å². The Morgan fingerprint density at radius 3 is 2.56 bits per heavy atom. The first kappa shape index (κ1) is 18.5. The molecule has 5 heteroatoms. The number of nitrogens with one attached hydrogen (secondary N) is 2. The average molecular weight is 363 g/mol. The first-order valence-electron chi connectivity index (χ1n) is 9.67.